The van der Waals surface area contributed by atoms with Crippen molar-refractivity contribution < 1.29 is 17.9 Å². The van der Waals surface area contributed by atoms with Gasteiger partial charge in [-0.2, -0.15) is 0 Å². The Morgan fingerprint density at radius 1 is 1.48 bits per heavy atom. The molecule has 2 rings (SSSR count). The van der Waals surface area contributed by atoms with E-state index in [4.69, 9.17) is 11.6 Å². The Bertz CT molecular complexity index is 646. The lowest BCUT2D eigenvalue weighted by Gasteiger charge is -2.23. The van der Waals surface area contributed by atoms with Crippen LogP contribution in [-0.4, -0.2) is 41.1 Å². The smallest absolute Gasteiger partial charge is 0.339 e. The number of nitrogens with one attached hydrogen (secondary N) is 2. The van der Waals surface area contributed by atoms with Crippen molar-refractivity contribution in [1.82, 2.24) is 10.0 Å². The highest BCUT2D eigenvalue weighted by Crippen LogP contribution is 2.22. The fourth-order valence-corrected chi connectivity index (χ4v) is 3.97. The van der Waals surface area contributed by atoms with Gasteiger partial charge >= 0.3 is 5.97 Å². The van der Waals surface area contributed by atoms with E-state index in [1.54, 1.807) is 0 Å². The van der Waals surface area contributed by atoms with E-state index in [0.29, 0.717) is 6.54 Å². The summed E-state index contributed by atoms with van der Waals surface area (Å²) in [6, 6.07) is 4.07. The van der Waals surface area contributed by atoms with E-state index in [1.807, 2.05) is 0 Å². The Morgan fingerprint density at radius 2 is 2.22 bits per heavy atom. The molecule has 1 aliphatic heterocycles. The normalized spacial score (nSPS) is 18.1. The lowest BCUT2D eigenvalue weighted by atomic mass is 10.0. The van der Waals surface area contributed by atoms with Gasteiger partial charge in [0.1, 0.15) is 0 Å². The zero-order chi connectivity index (χ0) is 16.2. The zero-order valence-electron chi connectivity index (χ0n) is 12.7. The first-order valence-electron chi connectivity index (χ1n) is 7.02. The minimum Gasteiger partial charge on any atom is -0.465 e. The van der Waals surface area contributed by atoms with Crippen LogP contribution in [0.5, 0.6) is 0 Å². The van der Waals surface area contributed by atoms with Crippen molar-refractivity contribution in [3.63, 3.8) is 0 Å². The number of esters is 1. The molecule has 1 aromatic carbocycles. The molecule has 0 bridgehead atoms. The van der Waals surface area contributed by atoms with Crippen LogP contribution in [0.1, 0.15) is 23.2 Å². The highest BCUT2D eigenvalue weighted by atomic mass is 35.5. The summed E-state index contributed by atoms with van der Waals surface area (Å²) in [6.45, 7) is 2.06. The van der Waals surface area contributed by atoms with E-state index in [2.05, 4.69) is 14.8 Å². The van der Waals surface area contributed by atoms with E-state index in [-0.39, 0.29) is 33.8 Å². The summed E-state index contributed by atoms with van der Waals surface area (Å²) in [5.41, 5.74) is -0.0267. The number of hydrogen-bond acceptors (Lipinski definition) is 5. The molecule has 1 aromatic rings. The molecule has 0 radical (unpaired) electrons. The topological polar surface area (TPSA) is 84.5 Å². The van der Waals surface area contributed by atoms with Gasteiger partial charge in [-0.1, -0.05) is 11.6 Å². The molecule has 2 N–H and O–H groups in total. The van der Waals surface area contributed by atoms with Crippen LogP contribution in [0.3, 0.4) is 0 Å². The second-order valence-electron chi connectivity index (χ2n) is 5.20. The standard InChI is InChI=1S/C14H19ClN2O4S.ClH/c1-21-14(18)12-5-4-11(15)7-13(12)22(19,20)17-9-10-3-2-6-16-8-10;/h4-5,7,10,16-17H,2-3,6,8-9H2,1H3;1H. The highest BCUT2D eigenvalue weighted by molar-refractivity contribution is 7.89. The molecule has 1 saturated heterocycles. The van der Waals surface area contributed by atoms with E-state index in [0.717, 1.165) is 25.9 Å². The van der Waals surface area contributed by atoms with Gasteiger partial charge in [0.2, 0.25) is 10.0 Å². The van der Waals surface area contributed by atoms with Crippen molar-refractivity contribution in [2.24, 2.45) is 5.92 Å². The molecule has 0 aliphatic carbocycles. The first-order valence-corrected chi connectivity index (χ1v) is 8.88. The van der Waals surface area contributed by atoms with Crippen molar-refractivity contribution in [2.45, 2.75) is 17.7 Å². The number of methoxy groups -OCH3 is 1. The van der Waals surface area contributed by atoms with Gasteiger partial charge in [-0.3, -0.25) is 0 Å². The Kier molecular flexibility index (Phi) is 7.76. The maximum atomic E-state index is 12.5. The molecule has 1 unspecified atom stereocenters. The monoisotopic (exact) mass is 382 g/mol. The van der Waals surface area contributed by atoms with Crippen LogP contribution in [0.2, 0.25) is 5.02 Å². The number of ether oxygens (including phenoxy) is 1. The molecule has 1 heterocycles. The van der Waals surface area contributed by atoms with E-state index < -0.39 is 16.0 Å². The van der Waals surface area contributed by atoms with Gasteiger partial charge < -0.3 is 10.1 Å². The fraction of sp³-hybridized carbons (Fsp3) is 0.500. The maximum absolute atomic E-state index is 12.5. The van der Waals surface area contributed by atoms with Gasteiger partial charge in [0.05, 0.1) is 17.6 Å². The van der Waals surface area contributed by atoms with Gasteiger partial charge in [-0.15, -0.1) is 12.4 Å². The second kappa shape index (κ2) is 8.84. The van der Waals surface area contributed by atoms with Crippen LogP contribution in [-0.2, 0) is 14.8 Å². The largest absolute Gasteiger partial charge is 0.465 e. The first-order chi connectivity index (χ1) is 10.4. The summed E-state index contributed by atoms with van der Waals surface area (Å²) in [6.07, 6.45) is 1.99. The molecule has 23 heavy (non-hydrogen) atoms. The summed E-state index contributed by atoms with van der Waals surface area (Å²) in [4.78, 5) is 11.6. The van der Waals surface area contributed by atoms with Crippen LogP contribution in [0.4, 0.5) is 0 Å². The summed E-state index contributed by atoms with van der Waals surface area (Å²) >= 11 is 5.87. The van der Waals surface area contributed by atoms with Gasteiger partial charge in [0.15, 0.2) is 0 Å². The molecule has 0 aromatic heterocycles. The lowest BCUT2D eigenvalue weighted by molar-refractivity contribution is 0.0596. The van der Waals surface area contributed by atoms with Gasteiger partial charge in [-0.25, -0.2) is 17.9 Å². The number of benzene rings is 1. The minimum absolute atomic E-state index is 0. The molecule has 0 saturated carbocycles. The van der Waals surface area contributed by atoms with Crippen molar-refractivity contribution in [1.29, 1.82) is 0 Å². The van der Waals surface area contributed by atoms with Crippen LogP contribution in [0.15, 0.2) is 23.1 Å². The van der Waals surface area contributed by atoms with Gasteiger partial charge in [0, 0.05) is 11.6 Å². The second-order valence-corrected chi connectivity index (χ2v) is 7.37. The summed E-state index contributed by atoms with van der Waals surface area (Å²) in [5.74, 6) is -0.472. The molecule has 130 valence electrons. The minimum atomic E-state index is -3.83. The van der Waals surface area contributed by atoms with Crippen LogP contribution in [0.25, 0.3) is 0 Å². The molecule has 6 nitrogen and oxygen atoms in total. The van der Waals surface area contributed by atoms with Crippen molar-refractivity contribution >= 4 is 40.0 Å². The Morgan fingerprint density at radius 3 is 2.83 bits per heavy atom. The van der Waals surface area contributed by atoms with Crippen LogP contribution in [0, 0.1) is 5.92 Å². The molecule has 9 heteroatoms. The molecule has 1 atom stereocenters. The van der Waals surface area contributed by atoms with E-state index >= 15 is 0 Å². The van der Waals surface area contributed by atoms with Crippen LogP contribution < -0.4 is 10.0 Å². The SMILES string of the molecule is COC(=O)c1ccc(Cl)cc1S(=O)(=O)NCC1CCCNC1.Cl. The Labute approximate surface area is 147 Å². The molecule has 1 fully saturated rings. The summed E-state index contributed by atoms with van der Waals surface area (Å²) in [7, 11) is -2.63. The third kappa shape index (κ3) is 5.32. The van der Waals surface area contributed by atoms with Crippen molar-refractivity contribution in [2.75, 3.05) is 26.7 Å². The lowest BCUT2D eigenvalue weighted by Crippen LogP contribution is -2.38. The molecular formula is C14H20Cl2N2O4S. The number of carbonyl (C=O) groups is 1. The molecule has 1 aliphatic rings. The number of piperidine rings is 1. The van der Waals surface area contributed by atoms with Gasteiger partial charge in [0.25, 0.3) is 0 Å². The predicted octanol–water partition coefficient (Wildman–Crippen LogP) is 1.83. The van der Waals surface area contributed by atoms with Crippen molar-refractivity contribution in [3.8, 4) is 0 Å². The first kappa shape index (κ1) is 20.2. The highest BCUT2D eigenvalue weighted by Gasteiger charge is 2.24. The number of halogens is 2. The maximum Gasteiger partial charge on any atom is 0.339 e. The van der Waals surface area contributed by atoms with Crippen LogP contribution >= 0.6 is 24.0 Å². The van der Waals surface area contributed by atoms with E-state index in [9.17, 15) is 13.2 Å². The van der Waals surface area contributed by atoms with Crippen molar-refractivity contribution in [3.05, 3.63) is 28.8 Å². The average Bonchev–Trinajstić information content (AvgIpc) is 2.53. The fourth-order valence-electron chi connectivity index (χ4n) is 2.40. The molecule has 0 amide bonds. The number of carbonyl (C=O) groups excluding carboxylic acids is 1. The number of hydrogen-bond donors (Lipinski definition) is 2. The zero-order valence-corrected chi connectivity index (χ0v) is 15.1. The summed E-state index contributed by atoms with van der Waals surface area (Å²) in [5, 5.41) is 3.47. The third-order valence-corrected chi connectivity index (χ3v) is 5.30. The van der Waals surface area contributed by atoms with Gasteiger partial charge in [-0.05, 0) is 50.0 Å². The summed E-state index contributed by atoms with van der Waals surface area (Å²) < 4.78 is 32.1. The predicted molar refractivity (Wildman–Crippen MR) is 90.8 cm³/mol. The quantitative estimate of drug-likeness (QED) is 0.758. The average molecular weight is 383 g/mol. The Balaban J connectivity index is 0.00000264. The Hall–Kier alpha value is -0.860. The molecular weight excluding hydrogens is 363 g/mol. The number of sulfonamides is 1. The number of rotatable bonds is 5. The third-order valence-electron chi connectivity index (χ3n) is 3.60. The molecule has 0 spiro atoms. The van der Waals surface area contributed by atoms with E-state index in [1.165, 1.54) is 25.3 Å².